The van der Waals surface area contributed by atoms with Gasteiger partial charge in [-0.3, -0.25) is 4.68 Å². The van der Waals surface area contributed by atoms with Crippen molar-refractivity contribution >= 4 is 11.6 Å². The van der Waals surface area contributed by atoms with Crippen LogP contribution in [0, 0.1) is 6.92 Å². The van der Waals surface area contributed by atoms with Crippen LogP contribution in [0.2, 0.25) is 5.02 Å². The lowest BCUT2D eigenvalue weighted by atomic mass is 9.89. The zero-order valence-corrected chi connectivity index (χ0v) is 13.8. The third kappa shape index (κ3) is 3.18. The van der Waals surface area contributed by atoms with E-state index in [9.17, 15) is 0 Å². The smallest absolute Gasteiger partial charge is 0.0847 e. The van der Waals surface area contributed by atoms with Crippen molar-refractivity contribution < 1.29 is 4.74 Å². The molecule has 20 heavy (non-hydrogen) atoms. The summed E-state index contributed by atoms with van der Waals surface area (Å²) in [5.41, 5.74) is 1.89. The predicted octanol–water partition coefficient (Wildman–Crippen LogP) is 2.86. The number of aryl methyl sites for hydroxylation is 2. The lowest BCUT2D eigenvalue weighted by Gasteiger charge is -2.34. The molecule has 1 aliphatic rings. The van der Waals surface area contributed by atoms with Crippen molar-refractivity contribution in [1.82, 2.24) is 15.1 Å². The Labute approximate surface area is 126 Å². The van der Waals surface area contributed by atoms with Crippen LogP contribution in [0.1, 0.15) is 44.5 Å². The molecule has 2 atom stereocenters. The number of aromatic nitrogens is 2. The Hall–Kier alpha value is -0.580. The molecule has 114 valence electrons. The summed E-state index contributed by atoms with van der Waals surface area (Å²) in [6, 6.07) is 0.275. The third-order valence-corrected chi connectivity index (χ3v) is 4.78. The lowest BCUT2D eigenvalue weighted by molar-refractivity contribution is -0.0118. The molecule has 2 rings (SSSR count). The maximum absolute atomic E-state index is 6.39. The van der Waals surface area contributed by atoms with E-state index in [1.165, 1.54) is 0 Å². The van der Waals surface area contributed by atoms with Crippen molar-refractivity contribution in [2.75, 3.05) is 13.2 Å². The van der Waals surface area contributed by atoms with Gasteiger partial charge in [0, 0.05) is 26.1 Å². The topological polar surface area (TPSA) is 39.1 Å². The number of rotatable bonds is 6. The zero-order valence-electron chi connectivity index (χ0n) is 13.0. The fourth-order valence-corrected chi connectivity index (χ4v) is 3.23. The molecule has 1 aliphatic heterocycles. The van der Waals surface area contributed by atoms with Crippen LogP contribution in [-0.4, -0.2) is 34.6 Å². The van der Waals surface area contributed by atoms with Crippen molar-refractivity contribution in [2.24, 2.45) is 7.05 Å². The van der Waals surface area contributed by atoms with Gasteiger partial charge in [0.2, 0.25) is 0 Å². The SMILES string of the molecule is CCCNC(Cc1c(Cl)c(C)nn1C)C1(C)CCCO1. The van der Waals surface area contributed by atoms with Crippen LogP contribution in [0.15, 0.2) is 0 Å². The number of ether oxygens (including phenoxy) is 1. The van der Waals surface area contributed by atoms with Crippen molar-refractivity contribution in [3.63, 3.8) is 0 Å². The van der Waals surface area contributed by atoms with Gasteiger partial charge in [0.1, 0.15) is 0 Å². The lowest BCUT2D eigenvalue weighted by Crippen LogP contribution is -2.50. The van der Waals surface area contributed by atoms with Gasteiger partial charge in [0.05, 0.1) is 22.0 Å². The first kappa shape index (κ1) is 15.8. The van der Waals surface area contributed by atoms with E-state index in [-0.39, 0.29) is 11.6 Å². The van der Waals surface area contributed by atoms with Gasteiger partial charge in [0.25, 0.3) is 0 Å². The second-order valence-corrected chi connectivity index (χ2v) is 6.32. The molecule has 1 saturated heterocycles. The number of halogens is 1. The molecular weight excluding hydrogens is 274 g/mol. The van der Waals surface area contributed by atoms with E-state index in [1.807, 2.05) is 18.7 Å². The summed E-state index contributed by atoms with van der Waals surface area (Å²) in [6.07, 6.45) is 4.21. The first-order valence-electron chi connectivity index (χ1n) is 7.53. The Morgan fingerprint density at radius 3 is 2.80 bits per heavy atom. The molecule has 0 radical (unpaired) electrons. The van der Waals surface area contributed by atoms with Gasteiger partial charge in [-0.2, -0.15) is 5.10 Å². The van der Waals surface area contributed by atoms with Crippen molar-refractivity contribution in [2.45, 2.75) is 58.1 Å². The van der Waals surface area contributed by atoms with E-state index in [0.29, 0.717) is 0 Å². The Bertz CT molecular complexity index is 452. The van der Waals surface area contributed by atoms with Gasteiger partial charge in [-0.05, 0) is 39.7 Å². The molecule has 0 bridgehead atoms. The fourth-order valence-electron chi connectivity index (χ4n) is 2.99. The number of nitrogens with one attached hydrogen (secondary N) is 1. The Balaban J connectivity index is 2.19. The molecule has 1 fully saturated rings. The van der Waals surface area contributed by atoms with Gasteiger partial charge in [-0.15, -0.1) is 0 Å². The Kier molecular flexibility index (Phi) is 5.10. The van der Waals surface area contributed by atoms with Crippen LogP contribution in [0.25, 0.3) is 0 Å². The van der Waals surface area contributed by atoms with Crippen LogP contribution >= 0.6 is 11.6 Å². The Morgan fingerprint density at radius 2 is 2.30 bits per heavy atom. The summed E-state index contributed by atoms with van der Waals surface area (Å²) in [6.45, 7) is 8.21. The average Bonchev–Trinajstić information content (AvgIpc) is 2.94. The molecule has 5 heteroatoms. The van der Waals surface area contributed by atoms with Crippen LogP contribution < -0.4 is 5.32 Å². The normalized spacial score (nSPS) is 24.2. The number of nitrogens with zero attached hydrogens (tertiary/aromatic N) is 2. The van der Waals surface area contributed by atoms with Gasteiger partial charge >= 0.3 is 0 Å². The number of hydrogen-bond donors (Lipinski definition) is 1. The molecule has 0 saturated carbocycles. The summed E-state index contributed by atoms with van der Waals surface area (Å²) in [7, 11) is 1.96. The van der Waals surface area contributed by atoms with Gasteiger partial charge < -0.3 is 10.1 Å². The summed E-state index contributed by atoms with van der Waals surface area (Å²) < 4.78 is 7.92. The standard InChI is InChI=1S/C15H26ClN3O/c1-5-8-17-13(15(3)7-6-9-20-15)10-12-14(16)11(2)18-19(12)4/h13,17H,5-10H2,1-4H3. The molecule has 1 aromatic rings. The van der Waals surface area contributed by atoms with Gasteiger partial charge in [0.15, 0.2) is 0 Å². The molecule has 0 aliphatic carbocycles. The van der Waals surface area contributed by atoms with E-state index in [0.717, 1.165) is 55.2 Å². The minimum atomic E-state index is -0.101. The molecule has 4 nitrogen and oxygen atoms in total. The highest BCUT2D eigenvalue weighted by Gasteiger charge is 2.38. The molecule has 2 unspecified atom stereocenters. The van der Waals surface area contributed by atoms with Gasteiger partial charge in [-0.1, -0.05) is 18.5 Å². The fraction of sp³-hybridized carbons (Fsp3) is 0.800. The second-order valence-electron chi connectivity index (χ2n) is 5.95. The molecular formula is C15H26ClN3O. The van der Waals surface area contributed by atoms with Crippen LogP contribution in [0.5, 0.6) is 0 Å². The first-order chi connectivity index (χ1) is 9.48. The summed E-state index contributed by atoms with van der Waals surface area (Å²) >= 11 is 6.39. The Morgan fingerprint density at radius 1 is 1.55 bits per heavy atom. The average molecular weight is 300 g/mol. The highest BCUT2D eigenvalue weighted by molar-refractivity contribution is 6.31. The monoisotopic (exact) mass is 299 g/mol. The van der Waals surface area contributed by atoms with E-state index >= 15 is 0 Å². The van der Waals surface area contributed by atoms with Crippen LogP contribution in [0.4, 0.5) is 0 Å². The largest absolute Gasteiger partial charge is 0.374 e. The highest BCUT2D eigenvalue weighted by atomic mass is 35.5. The van der Waals surface area contributed by atoms with Crippen molar-refractivity contribution in [3.8, 4) is 0 Å². The van der Waals surface area contributed by atoms with E-state index in [4.69, 9.17) is 16.3 Å². The maximum atomic E-state index is 6.39. The summed E-state index contributed by atoms with van der Waals surface area (Å²) in [5.74, 6) is 0. The van der Waals surface area contributed by atoms with Crippen molar-refractivity contribution in [3.05, 3.63) is 16.4 Å². The molecule has 1 aromatic heterocycles. The summed E-state index contributed by atoms with van der Waals surface area (Å²) in [4.78, 5) is 0. The van der Waals surface area contributed by atoms with E-state index in [1.54, 1.807) is 0 Å². The zero-order chi connectivity index (χ0) is 14.8. The quantitative estimate of drug-likeness (QED) is 0.878. The maximum Gasteiger partial charge on any atom is 0.0847 e. The predicted molar refractivity (Wildman–Crippen MR) is 82.3 cm³/mol. The van der Waals surface area contributed by atoms with Gasteiger partial charge in [-0.25, -0.2) is 0 Å². The minimum Gasteiger partial charge on any atom is -0.374 e. The third-order valence-electron chi connectivity index (χ3n) is 4.29. The minimum absolute atomic E-state index is 0.101. The highest BCUT2D eigenvalue weighted by Crippen LogP contribution is 2.32. The molecule has 0 spiro atoms. The van der Waals surface area contributed by atoms with Crippen molar-refractivity contribution in [1.29, 1.82) is 0 Å². The molecule has 2 heterocycles. The molecule has 0 amide bonds. The second kappa shape index (κ2) is 6.46. The number of hydrogen-bond acceptors (Lipinski definition) is 3. The van der Waals surface area contributed by atoms with E-state index in [2.05, 4.69) is 24.3 Å². The molecule has 0 aromatic carbocycles. The first-order valence-corrected chi connectivity index (χ1v) is 7.91. The van der Waals surface area contributed by atoms with Crippen LogP contribution in [-0.2, 0) is 18.2 Å². The van der Waals surface area contributed by atoms with Crippen LogP contribution in [0.3, 0.4) is 0 Å². The van der Waals surface area contributed by atoms with E-state index < -0.39 is 0 Å². The summed E-state index contributed by atoms with van der Waals surface area (Å²) in [5, 5.41) is 8.84. The molecule has 1 N–H and O–H groups in total.